The van der Waals surface area contributed by atoms with Crippen LogP contribution in [0.3, 0.4) is 0 Å². The van der Waals surface area contributed by atoms with Crippen LogP contribution >= 0.6 is 0 Å². The highest BCUT2D eigenvalue weighted by molar-refractivity contribution is 7.90. The van der Waals surface area contributed by atoms with E-state index in [4.69, 9.17) is 10.5 Å². The number of pyridine rings is 2. The number of nitrogens with two attached hydrogens (primary N) is 1. The summed E-state index contributed by atoms with van der Waals surface area (Å²) >= 11 is 0. The van der Waals surface area contributed by atoms with E-state index in [0.29, 0.717) is 11.4 Å². The van der Waals surface area contributed by atoms with Gasteiger partial charge in [0.15, 0.2) is 5.03 Å². The van der Waals surface area contributed by atoms with Crippen molar-refractivity contribution in [1.29, 1.82) is 0 Å². The van der Waals surface area contributed by atoms with Gasteiger partial charge in [-0.1, -0.05) is 23.8 Å². The zero-order valence-electron chi connectivity index (χ0n) is 17.1. The van der Waals surface area contributed by atoms with Gasteiger partial charge >= 0.3 is 0 Å². The second-order valence-corrected chi connectivity index (χ2v) is 8.60. The first-order chi connectivity index (χ1) is 14.1. The monoisotopic (exact) mass is 426 g/mol. The molecule has 0 radical (unpaired) electrons. The molecule has 156 valence electrons. The molecule has 2 heterocycles. The topological polar surface area (TPSA) is 124 Å². The van der Waals surface area contributed by atoms with E-state index in [2.05, 4.69) is 9.97 Å². The third-order valence-electron chi connectivity index (χ3n) is 4.30. The van der Waals surface area contributed by atoms with E-state index in [1.807, 2.05) is 37.6 Å². The number of rotatable bonds is 5. The maximum absolute atomic E-state index is 12.8. The highest BCUT2D eigenvalue weighted by atomic mass is 32.2. The number of hydrogen-bond donors (Lipinski definition) is 2. The van der Waals surface area contributed by atoms with Crippen molar-refractivity contribution in [1.82, 2.24) is 14.7 Å². The Bertz CT molecular complexity index is 1220. The fourth-order valence-electron chi connectivity index (χ4n) is 3.02. The highest BCUT2D eigenvalue weighted by Crippen LogP contribution is 2.31. The van der Waals surface area contributed by atoms with Gasteiger partial charge in [-0.3, -0.25) is 4.79 Å². The maximum atomic E-state index is 12.8. The van der Waals surface area contributed by atoms with E-state index >= 15 is 0 Å². The summed E-state index contributed by atoms with van der Waals surface area (Å²) in [5.74, 6) is -0.285. The molecule has 0 aliphatic heterocycles. The van der Waals surface area contributed by atoms with Crippen LogP contribution in [-0.2, 0) is 10.0 Å². The Morgan fingerprint density at radius 2 is 1.67 bits per heavy atom. The summed E-state index contributed by atoms with van der Waals surface area (Å²) in [6, 6.07) is 11.1. The van der Waals surface area contributed by atoms with Gasteiger partial charge < -0.3 is 10.5 Å². The van der Waals surface area contributed by atoms with Crippen LogP contribution in [0.15, 0.2) is 47.5 Å². The second-order valence-electron chi connectivity index (χ2n) is 6.97. The number of nitrogens with one attached hydrogen (secondary N) is 1. The van der Waals surface area contributed by atoms with Crippen LogP contribution in [0, 0.1) is 27.7 Å². The largest absolute Gasteiger partial charge is 0.438 e. The second kappa shape index (κ2) is 8.11. The third-order valence-corrected chi connectivity index (χ3v) is 5.53. The number of aryl methyl sites for hydroxylation is 4. The number of hydrogen-bond acceptors (Lipinski definition) is 7. The van der Waals surface area contributed by atoms with Gasteiger partial charge in [0, 0.05) is 5.69 Å². The average Bonchev–Trinajstić information content (AvgIpc) is 2.64. The predicted octanol–water partition coefficient (Wildman–Crippen LogP) is 3.20. The molecule has 2 aromatic heterocycles. The first kappa shape index (κ1) is 21.3. The van der Waals surface area contributed by atoms with Gasteiger partial charge in [-0.05, 0) is 63.1 Å². The molecule has 0 atom stereocenters. The molecule has 0 saturated carbocycles. The smallest absolute Gasteiger partial charge is 0.281 e. The van der Waals surface area contributed by atoms with Crippen LogP contribution in [0.2, 0.25) is 0 Å². The van der Waals surface area contributed by atoms with Gasteiger partial charge in [-0.15, -0.1) is 0 Å². The molecule has 1 amide bonds. The van der Waals surface area contributed by atoms with Crippen molar-refractivity contribution in [3.8, 4) is 11.6 Å². The number of benzene rings is 1. The fourth-order valence-corrected chi connectivity index (χ4v) is 3.96. The highest BCUT2D eigenvalue weighted by Gasteiger charge is 2.24. The van der Waals surface area contributed by atoms with Crippen molar-refractivity contribution in [2.24, 2.45) is 0 Å². The Morgan fingerprint density at radius 3 is 2.30 bits per heavy atom. The van der Waals surface area contributed by atoms with Crippen LogP contribution in [0.25, 0.3) is 0 Å². The molecule has 0 aliphatic carbocycles. The predicted molar refractivity (Wildman–Crippen MR) is 113 cm³/mol. The molecule has 0 saturated heterocycles. The molecule has 0 fully saturated rings. The third kappa shape index (κ3) is 4.57. The van der Waals surface area contributed by atoms with E-state index in [-0.39, 0.29) is 22.3 Å². The number of ether oxygens (including phenoxy) is 1. The summed E-state index contributed by atoms with van der Waals surface area (Å²) in [6.07, 6.45) is 0. The van der Waals surface area contributed by atoms with Crippen LogP contribution in [0.4, 0.5) is 5.82 Å². The molecule has 3 rings (SSSR count). The fraction of sp³-hybridized carbons (Fsp3) is 0.190. The number of anilines is 1. The number of aromatic nitrogens is 2. The first-order valence-corrected chi connectivity index (χ1v) is 10.6. The van der Waals surface area contributed by atoms with Gasteiger partial charge in [-0.2, -0.15) is 8.42 Å². The summed E-state index contributed by atoms with van der Waals surface area (Å²) in [5, 5.41) is -0.358. The molecule has 0 spiro atoms. The lowest BCUT2D eigenvalue weighted by molar-refractivity contribution is 0.0978. The molecular weight excluding hydrogens is 404 g/mol. The zero-order valence-corrected chi connectivity index (χ0v) is 17.9. The maximum Gasteiger partial charge on any atom is 0.281 e. The lowest BCUT2D eigenvalue weighted by Crippen LogP contribution is -2.31. The molecule has 0 aliphatic rings. The van der Waals surface area contributed by atoms with Gasteiger partial charge in [-0.25, -0.2) is 14.7 Å². The number of amides is 1. The normalized spacial score (nSPS) is 11.2. The zero-order chi connectivity index (χ0) is 22.1. The molecule has 8 nitrogen and oxygen atoms in total. The Balaban J connectivity index is 1.96. The molecule has 0 unspecified atom stereocenters. The van der Waals surface area contributed by atoms with Crippen LogP contribution in [0.1, 0.15) is 32.7 Å². The Kier molecular flexibility index (Phi) is 5.75. The van der Waals surface area contributed by atoms with E-state index in [1.165, 1.54) is 24.3 Å². The van der Waals surface area contributed by atoms with Crippen molar-refractivity contribution in [3.05, 3.63) is 70.4 Å². The summed E-state index contributed by atoms with van der Waals surface area (Å²) < 4.78 is 33.0. The molecule has 0 bridgehead atoms. The Labute approximate surface area is 175 Å². The lowest BCUT2D eigenvalue weighted by atomic mass is 10.1. The summed E-state index contributed by atoms with van der Waals surface area (Å²) in [6.45, 7) is 7.50. The lowest BCUT2D eigenvalue weighted by Gasteiger charge is -2.15. The van der Waals surface area contributed by atoms with E-state index < -0.39 is 15.9 Å². The van der Waals surface area contributed by atoms with Gasteiger partial charge in [0.2, 0.25) is 5.88 Å². The minimum Gasteiger partial charge on any atom is -0.438 e. The standard InChI is InChI=1S/C21H22N4O4S/c1-12-10-13(2)19(14(3)11-12)29-21-16(9-8-15(4)23-21)20(26)25-30(27,28)18-7-5-6-17(22)24-18/h5-11H,1-4H3,(H2,22,24)(H,25,26). The van der Waals surface area contributed by atoms with Crippen LogP contribution < -0.4 is 15.2 Å². The number of nitrogens with zero attached hydrogens (tertiary/aromatic N) is 2. The quantitative estimate of drug-likeness (QED) is 0.642. The summed E-state index contributed by atoms with van der Waals surface area (Å²) in [4.78, 5) is 20.8. The van der Waals surface area contributed by atoms with E-state index in [9.17, 15) is 13.2 Å². The van der Waals surface area contributed by atoms with Crippen molar-refractivity contribution in [3.63, 3.8) is 0 Å². The van der Waals surface area contributed by atoms with Gasteiger partial charge in [0.25, 0.3) is 15.9 Å². The molecular formula is C21H22N4O4S. The van der Waals surface area contributed by atoms with E-state index in [1.54, 1.807) is 13.0 Å². The Morgan fingerprint density at radius 1 is 1.00 bits per heavy atom. The van der Waals surface area contributed by atoms with Crippen molar-refractivity contribution in [2.75, 3.05) is 5.73 Å². The van der Waals surface area contributed by atoms with Crippen molar-refractivity contribution in [2.45, 2.75) is 32.7 Å². The number of nitrogen functional groups attached to an aromatic ring is 1. The minimum absolute atomic E-state index is 0.0123. The van der Waals surface area contributed by atoms with Crippen molar-refractivity contribution < 1.29 is 17.9 Å². The summed E-state index contributed by atoms with van der Waals surface area (Å²) in [5.41, 5.74) is 8.96. The van der Waals surface area contributed by atoms with E-state index in [0.717, 1.165) is 16.7 Å². The molecule has 3 N–H and O–H groups in total. The summed E-state index contributed by atoms with van der Waals surface area (Å²) in [7, 11) is -4.23. The van der Waals surface area contributed by atoms with Crippen LogP contribution in [-0.4, -0.2) is 24.3 Å². The molecule has 9 heteroatoms. The number of carbonyl (C=O) groups excluding carboxylic acids is 1. The van der Waals surface area contributed by atoms with Crippen LogP contribution in [0.5, 0.6) is 11.6 Å². The Hall–Kier alpha value is -3.46. The molecule has 30 heavy (non-hydrogen) atoms. The number of carbonyl (C=O) groups is 1. The number of sulfonamides is 1. The molecule has 3 aromatic rings. The minimum atomic E-state index is -4.23. The van der Waals surface area contributed by atoms with Gasteiger partial charge in [0.1, 0.15) is 17.1 Å². The first-order valence-electron chi connectivity index (χ1n) is 9.10. The average molecular weight is 426 g/mol. The molecule has 1 aromatic carbocycles. The van der Waals surface area contributed by atoms with Crippen molar-refractivity contribution >= 4 is 21.7 Å². The van der Waals surface area contributed by atoms with Gasteiger partial charge in [0.05, 0.1) is 0 Å². The SMILES string of the molecule is Cc1cc(C)c(Oc2nc(C)ccc2C(=O)NS(=O)(=O)c2cccc(N)n2)c(C)c1.